The van der Waals surface area contributed by atoms with E-state index in [0.717, 1.165) is 26.2 Å². The molecule has 0 fully saturated rings. The molecule has 0 aliphatic heterocycles. The molecule has 18 heavy (non-hydrogen) atoms. The summed E-state index contributed by atoms with van der Waals surface area (Å²) in [4.78, 5) is 4.21. The van der Waals surface area contributed by atoms with Gasteiger partial charge in [-0.15, -0.1) is 0 Å². The average Bonchev–Trinajstić information content (AvgIpc) is 3.00. The normalized spacial score (nSPS) is 11.0. The summed E-state index contributed by atoms with van der Waals surface area (Å²) in [6.07, 6.45) is 7.15. The highest BCUT2D eigenvalue weighted by Gasteiger charge is 2.04. The Morgan fingerprint density at radius 3 is 2.89 bits per heavy atom. The van der Waals surface area contributed by atoms with E-state index in [-0.39, 0.29) is 0 Å². The summed E-state index contributed by atoms with van der Waals surface area (Å²) in [6.45, 7) is 8.19. The van der Waals surface area contributed by atoms with Crippen molar-refractivity contribution in [1.82, 2.24) is 19.4 Å². The molecule has 0 amide bonds. The zero-order valence-electron chi connectivity index (χ0n) is 11.3. The monoisotopic (exact) mass is 246 g/mol. The van der Waals surface area contributed by atoms with Crippen molar-refractivity contribution in [3.8, 4) is 0 Å². The van der Waals surface area contributed by atoms with Crippen LogP contribution in [0.3, 0.4) is 0 Å². The Morgan fingerprint density at radius 1 is 1.22 bits per heavy atom. The molecule has 98 valence electrons. The van der Waals surface area contributed by atoms with Gasteiger partial charge in [-0.05, 0) is 32.0 Å². The molecule has 2 heterocycles. The summed E-state index contributed by atoms with van der Waals surface area (Å²) in [5, 5.41) is 3.44. The largest absolute Gasteiger partial charge is 0.344 e. The van der Waals surface area contributed by atoms with Crippen LogP contribution in [-0.2, 0) is 19.6 Å². The molecule has 0 aliphatic carbocycles. The second kappa shape index (κ2) is 6.40. The zero-order valence-corrected chi connectivity index (χ0v) is 11.3. The van der Waals surface area contributed by atoms with Crippen molar-refractivity contribution in [2.45, 2.75) is 39.9 Å². The smallest absolute Gasteiger partial charge is 0.0948 e. The van der Waals surface area contributed by atoms with Crippen LogP contribution >= 0.6 is 0 Å². The first-order valence-corrected chi connectivity index (χ1v) is 6.68. The Morgan fingerprint density at radius 2 is 2.11 bits per heavy atom. The Bertz CT molecular complexity index is 470. The topological polar surface area (TPSA) is 34.8 Å². The van der Waals surface area contributed by atoms with Gasteiger partial charge >= 0.3 is 0 Å². The van der Waals surface area contributed by atoms with E-state index < -0.39 is 0 Å². The molecule has 0 aliphatic rings. The Kier molecular flexibility index (Phi) is 4.59. The minimum absolute atomic E-state index is 0.893. The van der Waals surface area contributed by atoms with Crippen LogP contribution in [0, 0.1) is 0 Å². The van der Waals surface area contributed by atoms with Crippen molar-refractivity contribution in [2.75, 3.05) is 6.54 Å². The van der Waals surface area contributed by atoms with Crippen LogP contribution in [0.5, 0.6) is 0 Å². The van der Waals surface area contributed by atoms with E-state index in [1.807, 2.05) is 12.5 Å². The summed E-state index contributed by atoms with van der Waals surface area (Å²) in [5.41, 5.74) is 2.58. The van der Waals surface area contributed by atoms with E-state index in [2.05, 4.69) is 51.6 Å². The predicted octanol–water partition coefficient (Wildman–Crippen LogP) is 2.25. The van der Waals surface area contributed by atoms with Gasteiger partial charge in [-0.3, -0.25) is 0 Å². The lowest BCUT2D eigenvalue weighted by Gasteiger charge is -2.11. The van der Waals surface area contributed by atoms with E-state index in [1.54, 1.807) is 0 Å². The van der Waals surface area contributed by atoms with Crippen LogP contribution in [0.4, 0.5) is 0 Å². The molecule has 0 saturated heterocycles. The summed E-state index contributed by atoms with van der Waals surface area (Å²) in [7, 11) is 0. The van der Waals surface area contributed by atoms with Gasteiger partial charge in [-0.2, -0.15) is 0 Å². The molecular formula is C14H22N4. The lowest BCUT2D eigenvalue weighted by Crippen LogP contribution is -2.17. The molecule has 4 nitrogen and oxygen atoms in total. The van der Waals surface area contributed by atoms with Gasteiger partial charge in [-0.25, -0.2) is 4.98 Å². The van der Waals surface area contributed by atoms with Gasteiger partial charge in [0.2, 0.25) is 0 Å². The third-order valence-electron chi connectivity index (χ3n) is 3.13. The van der Waals surface area contributed by atoms with Crippen molar-refractivity contribution in [3.63, 3.8) is 0 Å². The molecule has 0 atom stereocenters. The van der Waals surface area contributed by atoms with Crippen LogP contribution in [-0.4, -0.2) is 20.7 Å². The average molecular weight is 246 g/mol. The Hall–Kier alpha value is -1.55. The molecule has 2 aromatic rings. The first-order chi connectivity index (χ1) is 8.85. The maximum atomic E-state index is 4.21. The fraction of sp³-hybridized carbons (Fsp3) is 0.500. The summed E-state index contributed by atoms with van der Waals surface area (Å²) in [6, 6.07) is 4.28. The first-order valence-electron chi connectivity index (χ1n) is 6.68. The SMILES string of the molecule is CCCNCc1cccn1Cc1cncn1CC. The van der Waals surface area contributed by atoms with Crippen LogP contribution in [0.1, 0.15) is 31.7 Å². The van der Waals surface area contributed by atoms with Crippen molar-refractivity contribution >= 4 is 0 Å². The maximum absolute atomic E-state index is 4.21. The highest BCUT2D eigenvalue weighted by Crippen LogP contribution is 2.08. The predicted molar refractivity (Wildman–Crippen MR) is 73.4 cm³/mol. The Labute approximate surface area is 109 Å². The summed E-state index contributed by atoms with van der Waals surface area (Å²) >= 11 is 0. The number of nitrogens with one attached hydrogen (secondary N) is 1. The maximum Gasteiger partial charge on any atom is 0.0948 e. The van der Waals surface area contributed by atoms with E-state index in [0.29, 0.717) is 0 Å². The zero-order chi connectivity index (χ0) is 12.8. The molecule has 0 unspecified atom stereocenters. The van der Waals surface area contributed by atoms with Crippen molar-refractivity contribution < 1.29 is 0 Å². The van der Waals surface area contributed by atoms with Crippen LogP contribution in [0.25, 0.3) is 0 Å². The number of aromatic nitrogens is 3. The molecule has 0 bridgehead atoms. The highest BCUT2D eigenvalue weighted by atomic mass is 15.1. The highest BCUT2D eigenvalue weighted by molar-refractivity contribution is 5.10. The molecule has 0 spiro atoms. The lowest BCUT2D eigenvalue weighted by molar-refractivity contribution is 0.611. The second-order valence-corrected chi connectivity index (χ2v) is 4.48. The fourth-order valence-corrected chi connectivity index (χ4v) is 2.10. The van der Waals surface area contributed by atoms with Crippen molar-refractivity contribution in [3.05, 3.63) is 42.2 Å². The second-order valence-electron chi connectivity index (χ2n) is 4.48. The molecule has 0 radical (unpaired) electrons. The van der Waals surface area contributed by atoms with Crippen LogP contribution in [0.2, 0.25) is 0 Å². The van der Waals surface area contributed by atoms with Crippen LogP contribution < -0.4 is 5.32 Å². The number of imidazole rings is 1. The van der Waals surface area contributed by atoms with E-state index >= 15 is 0 Å². The molecule has 1 N–H and O–H groups in total. The minimum atomic E-state index is 0.893. The number of hydrogen-bond acceptors (Lipinski definition) is 2. The quantitative estimate of drug-likeness (QED) is 0.760. The molecular weight excluding hydrogens is 224 g/mol. The molecule has 0 saturated carbocycles. The van der Waals surface area contributed by atoms with E-state index in [1.165, 1.54) is 17.8 Å². The van der Waals surface area contributed by atoms with Crippen LogP contribution in [0.15, 0.2) is 30.9 Å². The third kappa shape index (κ3) is 3.01. The van der Waals surface area contributed by atoms with E-state index in [4.69, 9.17) is 0 Å². The standard InChI is InChI=1S/C14H22N4/c1-3-7-15-9-13-6-5-8-18(13)11-14-10-16-12-17(14)4-2/h5-6,8,10,12,15H,3-4,7,9,11H2,1-2H3. The van der Waals surface area contributed by atoms with Gasteiger partial charge in [0.1, 0.15) is 0 Å². The third-order valence-corrected chi connectivity index (χ3v) is 3.13. The van der Waals surface area contributed by atoms with Crippen molar-refractivity contribution in [1.29, 1.82) is 0 Å². The number of hydrogen-bond donors (Lipinski definition) is 1. The van der Waals surface area contributed by atoms with Gasteiger partial charge in [-0.1, -0.05) is 6.92 Å². The molecule has 2 rings (SSSR count). The van der Waals surface area contributed by atoms with Crippen molar-refractivity contribution in [2.24, 2.45) is 0 Å². The lowest BCUT2D eigenvalue weighted by atomic mass is 10.3. The minimum Gasteiger partial charge on any atom is -0.344 e. The fourth-order valence-electron chi connectivity index (χ4n) is 2.10. The van der Waals surface area contributed by atoms with Gasteiger partial charge in [0.25, 0.3) is 0 Å². The number of aryl methyl sites for hydroxylation is 1. The Balaban J connectivity index is 2.03. The van der Waals surface area contributed by atoms with Gasteiger partial charge in [0, 0.05) is 31.2 Å². The van der Waals surface area contributed by atoms with E-state index in [9.17, 15) is 0 Å². The number of nitrogens with zero attached hydrogens (tertiary/aromatic N) is 3. The van der Waals surface area contributed by atoms with Gasteiger partial charge in [0.15, 0.2) is 0 Å². The number of rotatable bonds is 7. The molecule has 2 aromatic heterocycles. The molecule has 4 heteroatoms. The molecule has 0 aromatic carbocycles. The van der Waals surface area contributed by atoms with Gasteiger partial charge in [0.05, 0.1) is 18.6 Å². The first kappa shape index (κ1) is 12.9. The summed E-state index contributed by atoms with van der Waals surface area (Å²) < 4.78 is 4.47. The summed E-state index contributed by atoms with van der Waals surface area (Å²) in [5.74, 6) is 0. The van der Waals surface area contributed by atoms with Gasteiger partial charge < -0.3 is 14.5 Å².